The van der Waals surface area contributed by atoms with E-state index >= 15 is 0 Å². The second-order valence-corrected chi connectivity index (χ2v) is 8.24. The highest BCUT2D eigenvalue weighted by Gasteiger charge is 2.31. The molecule has 2 saturated heterocycles. The molecule has 0 radical (unpaired) electrons. The van der Waals surface area contributed by atoms with Gasteiger partial charge in [0.05, 0.1) is 12.7 Å². The molecule has 1 saturated carbocycles. The highest BCUT2D eigenvalue weighted by atomic mass is 16.3. The third-order valence-corrected chi connectivity index (χ3v) is 6.33. The number of carbonyl (C=O) groups excluding carboxylic acids is 1. The van der Waals surface area contributed by atoms with Crippen LogP contribution < -0.4 is 5.32 Å². The molecular formula is C19H35N3O3. The third-order valence-electron chi connectivity index (χ3n) is 6.33. The maximum atomic E-state index is 12.4. The smallest absolute Gasteiger partial charge is 0.317 e. The average Bonchev–Trinajstić information content (AvgIpc) is 2.63. The van der Waals surface area contributed by atoms with Gasteiger partial charge in [0.15, 0.2) is 0 Å². The number of likely N-dealkylation sites (tertiary alicyclic amines) is 2. The molecule has 25 heavy (non-hydrogen) atoms. The first-order valence-corrected chi connectivity index (χ1v) is 10.2. The van der Waals surface area contributed by atoms with Crippen molar-refractivity contribution in [1.82, 2.24) is 15.1 Å². The number of nitrogens with one attached hydrogen (secondary N) is 1. The Balaban J connectivity index is 1.41. The second-order valence-electron chi connectivity index (χ2n) is 8.24. The van der Waals surface area contributed by atoms with Crippen LogP contribution >= 0.6 is 0 Å². The first-order valence-electron chi connectivity index (χ1n) is 10.2. The van der Waals surface area contributed by atoms with Gasteiger partial charge in [-0.3, -0.25) is 4.90 Å². The number of piperidine rings is 2. The molecule has 6 heteroatoms. The van der Waals surface area contributed by atoms with Crippen molar-refractivity contribution in [1.29, 1.82) is 0 Å². The van der Waals surface area contributed by atoms with Crippen LogP contribution in [0.25, 0.3) is 0 Å². The summed E-state index contributed by atoms with van der Waals surface area (Å²) in [7, 11) is 0. The van der Waals surface area contributed by atoms with E-state index in [1.54, 1.807) is 0 Å². The molecule has 0 aromatic heterocycles. The van der Waals surface area contributed by atoms with Gasteiger partial charge in [0.25, 0.3) is 0 Å². The number of aliphatic hydroxyl groups excluding tert-OH is 2. The fraction of sp³-hybridized carbons (Fsp3) is 0.947. The van der Waals surface area contributed by atoms with Crippen LogP contribution in [-0.2, 0) is 0 Å². The van der Waals surface area contributed by atoms with Crippen LogP contribution in [0.15, 0.2) is 0 Å². The van der Waals surface area contributed by atoms with Gasteiger partial charge in [0.2, 0.25) is 0 Å². The lowest BCUT2D eigenvalue weighted by atomic mass is 9.93. The maximum absolute atomic E-state index is 12.4. The quantitative estimate of drug-likeness (QED) is 0.717. The van der Waals surface area contributed by atoms with Gasteiger partial charge in [-0.25, -0.2) is 4.79 Å². The lowest BCUT2D eigenvalue weighted by molar-refractivity contribution is 0.00116. The van der Waals surface area contributed by atoms with Crippen molar-refractivity contribution >= 4 is 6.03 Å². The molecular weight excluding hydrogens is 318 g/mol. The average molecular weight is 354 g/mol. The maximum Gasteiger partial charge on any atom is 0.317 e. The molecule has 3 aliphatic rings. The van der Waals surface area contributed by atoms with Gasteiger partial charge in [-0.1, -0.05) is 19.3 Å². The topological polar surface area (TPSA) is 76.0 Å². The van der Waals surface area contributed by atoms with E-state index in [-0.39, 0.29) is 24.8 Å². The van der Waals surface area contributed by atoms with Crippen LogP contribution in [0.5, 0.6) is 0 Å². The van der Waals surface area contributed by atoms with E-state index in [4.69, 9.17) is 0 Å². The molecule has 3 rings (SSSR count). The first kappa shape index (κ1) is 18.9. The fourth-order valence-electron chi connectivity index (χ4n) is 4.67. The van der Waals surface area contributed by atoms with E-state index in [1.807, 2.05) is 4.90 Å². The highest BCUT2D eigenvalue weighted by molar-refractivity contribution is 5.74. The Labute approximate surface area is 151 Å². The van der Waals surface area contributed by atoms with E-state index in [0.29, 0.717) is 18.5 Å². The highest BCUT2D eigenvalue weighted by Crippen LogP contribution is 2.24. The summed E-state index contributed by atoms with van der Waals surface area (Å²) in [5, 5.41) is 22.7. The van der Waals surface area contributed by atoms with Gasteiger partial charge in [-0.05, 0) is 44.4 Å². The molecule has 3 fully saturated rings. The van der Waals surface area contributed by atoms with Crippen molar-refractivity contribution < 1.29 is 15.0 Å². The lowest BCUT2D eigenvalue weighted by Crippen LogP contribution is -2.52. The zero-order valence-corrected chi connectivity index (χ0v) is 15.4. The second kappa shape index (κ2) is 9.19. The monoisotopic (exact) mass is 353 g/mol. The van der Waals surface area contributed by atoms with Crippen molar-refractivity contribution in [2.45, 2.75) is 76.0 Å². The predicted molar refractivity (Wildman–Crippen MR) is 97.4 cm³/mol. The van der Waals surface area contributed by atoms with Crippen LogP contribution in [0, 0.1) is 5.92 Å². The Bertz CT molecular complexity index is 420. The SMILES string of the molecule is O=C(NC1CCCCC1)N1CCC(CN2C[C@H](O)CC[C@@H]2CO)CC1. The molecule has 0 unspecified atom stereocenters. The van der Waals surface area contributed by atoms with Crippen LogP contribution in [0.4, 0.5) is 4.79 Å². The summed E-state index contributed by atoms with van der Waals surface area (Å²) in [5.41, 5.74) is 0. The van der Waals surface area contributed by atoms with Crippen LogP contribution in [0.2, 0.25) is 0 Å². The molecule has 3 N–H and O–H groups in total. The number of rotatable bonds is 4. The zero-order chi connectivity index (χ0) is 17.6. The van der Waals surface area contributed by atoms with Crippen molar-refractivity contribution in [3.05, 3.63) is 0 Å². The summed E-state index contributed by atoms with van der Waals surface area (Å²) in [6.07, 6.45) is 9.47. The van der Waals surface area contributed by atoms with E-state index < -0.39 is 0 Å². The number of urea groups is 1. The fourth-order valence-corrected chi connectivity index (χ4v) is 4.67. The Morgan fingerprint density at radius 2 is 1.72 bits per heavy atom. The summed E-state index contributed by atoms with van der Waals surface area (Å²) in [4.78, 5) is 16.7. The number of hydrogen-bond donors (Lipinski definition) is 3. The van der Waals surface area contributed by atoms with Crippen LogP contribution in [-0.4, -0.2) is 77.0 Å². The molecule has 144 valence electrons. The Morgan fingerprint density at radius 1 is 1.00 bits per heavy atom. The van der Waals surface area contributed by atoms with E-state index in [0.717, 1.165) is 58.2 Å². The number of aliphatic hydroxyl groups is 2. The normalized spacial score (nSPS) is 30.4. The van der Waals surface area contributed by atoms with E-state index in [1.165, 1.54) is 19.3 Å². The largest absolute Gasteiger partial charge is 0.395 e. The Hall–Kier alpha value is -0.850. The van der Waals surface area contributed by atoms with Crippen molar-refractivity contribution in [2.75, 3.05) is 32.8 Å². The minimum absolute atomic E-state index is 0.118. The zero-order valence-electron chi connectivity index (χ0n) is 15.4. The molecule has 0 bridgehead atoms. The lowest BCUT2D eigenvalue weighted by Gasteiger charge is -2.41. The summed E-state index contributed by atoms with van der Waals surface area (Å²) in [5.74, 6) is 0.554. The van der Waals surface area contributed by atoms with Crippen molar-refractivity contribution in [2.24, 2.45) is 5.92 Å². The summed E-state index contributed by atoms with van der Waals surface area (Å²) >= 11 is 0. The number of hydrogen-bond acceptors (Lipinski definition) is 4. The molecule has 2 aliphatic heterocycles. The Morgan fingerprint density at radius 3 is 2.40 bits per heavy atom. The summed E-state index contributed by atoms with van der Waals surface area (Å²) < 4.78 is 0. The minimum Gasteiger partial charge on any atom is -0.395 e. The van der Waals surface area contributed by atoms with Gasteiger partial charge in [-0.15, -0.1) is 0 Å². The van der Waals surface area contributed by atoms with E-state index in [2.05, 4.69) is 10.2 Å². The van der Waals surface area contributed by atoms with Crippen LogP contribution in [0.3, 0.4) is 0 Å². The van der Waals surface area contributed by atoms with Crippen molar-refractivity contribution in [3.63, 3.8) is 0 Å². The summed E-state index contributed by atoms with van der Waals surface area (Å²) in [6.45, 7) is 3.43. The van der Waals surface area contributed by atoms with E-state index in [9.17, 15) is 15.0 Å². The molecule has 0 aromatic carbocycles. The molecule has 2 amide bonds. The number of amides is 2. The number of carbonyl (C=O) groups is 1. The molecule has 0 spiro atoms. The van der Waals surface area contributed by atoms with Gasteiger partial charge in [0, 0.05) is 38.3 Å². The van der Waals surface area contributed by atoms with Crippen molar-refractivity contribution in [3.8, 4) is 0 Å². The molecule has 2 heterocycles. The summed E-state index contributed by atoms with van der Waals surface area (Å²) in [6, 6.07) is 0.683. The first-order chi connectivity index (χ1) is 12.2. The standard InChI is InChI=1S/C19H35N3O3/c23-14-17-6-7-18(24)13-22(17)12-15-8-10-21(11-9-15)19(25)20-16-4-2-1-3-5-16/h15-18,23-24H,1-14H2,(H,20,25)/t17-,18-/m1/s1. The van der Waals surface area contributed by atoms with Gasteiger partial charge in [0.1, 0.15) is 0 Å². The third kappa shape index (κ3) is 5.31. The van der Waals surface area contributed by atoms with Gasteiger partial charge in [-0.2, -0.15) is 0 Å². The Kier molecular flexibility index (Phi) is 6.96. The van der Waals surface area contributed by atoms with Crippen LogP contribution in [0.1, 0.15) is 57.8 Å². The minimum atomic E-state index is -0.260. The predicted octanol–water partition coefficient (Wildman–Crippen LogP) is 1.56. The molecule has 1 aliphatic carbocycles. The molecule has 6 nitrogen and oxygen atoms in total. The number of nitrogens with zero attached hydrogens (tertiary/aromatic N) is 2. The van der Waals surface area contributed by atoms with Gasteiger partial charge < -0.3 is 20.4 Å². The number of β-amino-alcohol motifs (C(OH)–C–C–N with tert-alkyl or cyclic N) is 1. The van der Waals surface area contributed by atoms with Gasteiger partial charge >= 0.3 is 6.03 Å². The molecule has 0 aromatic rings. The molecule has 2 atom stereocenters.